The molecule has 0 saturated heterocycles. The van der Waals surface area contributed by atoms with Gasteiger partial charge in [-0.05, 0) is 12.1 Å². The standard InChI is InChI=1S/C15H17NO7/c1-8(17)21-12-6-11(15(20)16(4)5)7-13(22-9(2)18)14(12)23-10(3)19/h6-7H,1-5H3. The monoisotopic (exact) mass is 323 g/mol. The molecule has 0 aromatic heterocycles. The molecular formula is C15H17NO7. The summed E-state index contributed by atoms with van der Waals surface area (Å²) in [5.41, 5.74) is 0.0957. The Morgan fingerprint density at radius 3 is 1.48 bits per heavy atom. The summed E-state index contributed by atoms with van der Waals surface area (Å²) >= 11 is 0. The van der Waals surface area contributed by atoms with Gasteiger partial charge in [0.25, 0.3) is 5.91 Å². The van der Waals surface area contributed by atoms with Crippen LogP contribution in [0.5, 0.6) is 17.2 Å². The van der Waals surface area contributed by atoms with Gasteiger partial charge in [-0.2, -0.15) is 0 Å². The smallest absolute Gasteiger partial charge is 0.308 e. The zero-order valence-corrected chi connectivity index (χ0v) is 13.5. The first-order valence-corrected chi connectivity index (χ1v) is 6.56. The number of hydrogen-bond donors (Lipinski definition) is 0. The van der Waals surface area contributed by atoms with Gasteiger partial charge in [-0.25, -0.2) is 0 Å². The van der Waals surface area contributed by atoms with E-state index in [1.54, 1.807) is 0 Å². The molecule has 8 nitrogen and oxygen atoms in total. The van der Waals surface area contributed by atoms with Crippen molar-refractivity contribution >= 4 is 23.8 Å². The molecule has 1 rings (SSSR count). The second-order valence-corrected chi connectivity index (χ2v) is 4.78. The number of benzene rings is 1. The van der Waals surface area contributed by atoms with E-state index in [0.717, 1.165) is 20.8 Å². The Labute approximate surface area is 132 Å². The van der Waals surface area contributed by atoms with Crippen molar-refractivity contribution in [1.29, 1.82) is 0 Å². The molecule has 0 bridgehead atoms. The van der Waals surface area contributed by atoms with Gasteiger partial charge >= 0.3 is 17.9 Å². The number of esters is 3. The summed E-state index contributed by atoms with van der Waals surface area (Å²) in [6.07, 6.45) is 0. The zero-order valence-electron chi connectivity index (χ0n) is 13.5. The van der Waals surface area contributed by atoms with Gasteiger partial charge in [0.1, 0.15) is 0 Å². The summed E-state index contributed by atoms with van der Waals surface area (Å²) in [5, 5.41) is 0. The largest absolute Gasteiger partial charge is 0.423 e. The number of nitrogens with zero attached hydrogens (tertiary/aromatic N) is 1. The highest BCUT2D eigenvalue weighted by atomic mass is 16.6. The predicted octanol–water partition coefficient (Wildman–Crippen LogP) is 1.16. The summed E-state index contributed by atoms with van der Waals surface area (Å²) in [7, 11) is 3.05. The maximum Gasteiger partial charge on any atom is 0.308 e. The van der Waals surface area contributed by atoms with Crippen LogP contribution in [0.2, 0.25) is 0 Å². The van der Waals surface area contributed by atoms with E-state index in [0.29, 0.717) is 0 Å². The number of ether oxygens (including phenoxy) is 3. The average molecular weight is 323 g/mol. The lowest BCUT2D eigenvalue weighted by molar-refractivity contribution is -0.135. The Bertz CT molecular complexity index is 627. The molecule has 0 unspecified atom stereocenters. The molecule has 0 N–H and O–H groups in total. The van der Waals surface area contributed by atoms with Crippen molar-refractivity contribution in [1.82, 2.24) is 4.90 Å². The van der Waals surface area contributed by atoms with Gasteiger partial charge < -0.3 is 19.1 Å². The van der Waals surface area contributed by atoms with Crippen molar-refractivity contribution in [3.63, 3.8) is 0 Å². The van der Waals surface area contributed by atoms with Crippen LogP contribution in [0.1, 0.15) is 31.1 Å². The van der Waals surface area contributed by atoms with E-state index in [1.165, 1.54) is 31.1 Å². The fraction of sp³-hybridized carbons (Fsp3) is 0.333. The predicted molar refractivity (Wildman–Crippen MR) is 78.4 cm³/mol. The molecule has 23 heavy (non-hydrogen) atoms. The van der Waals surface area contributed by atoms with Gasteiger partial charge in [0.05, 0.1) is 0 Å². The van der Waals surface area contributed by atoms with E-state index < -0.39 is 23.8 Å². The number of amides is 1. The van der Waals surface area contributed by atoms with Crippen LogP contribution >= 0.6 is 0 Å². The topological polar surface area (TPSA) is 99.2 Å². The quantitative estimate of drug-likeness (QED) is 0.605. The van der Waals surface area contributed by atoms with Gasteiger partial charge in [0.15, 0.2) is 11.5 Å². The van der Waals surface area contributed by atoms with Gasteiger partial charge in [0, 0.05) is 40.4 Å². The van der Waals surface area contributed by atoms with E-state index >= 15 is 0 Å². The van der Waals surface area contributed by atoms with E-state index in [9.17, 15) is 19.2 Å². The van der Waals surface area contributed by atoms with Crippen molar-refractivity contribution in [2.75, 3.05) is 14.1 Å². The molecule has 0 heterocycles. The van der Waals surface area contributed by atoms with Crippen LogP contribution in [0.15, 0.2) is 12.1 Å². The molecule has 124 valence electrons. The highest BCUT2D eigenvalue weighted by molar-refractivity contribution is 5.96. The molecule has 0 aliphatic carbocycles. The van der Waals surface area contributed by atoms with Crippen LogP contribution in [-0.4, -0.2) is 42.8 Å². The molecule has 0 fully saturated rings. The van der Waals surface area contributed by atoms with Crippen LogP contribution in [0, 0.1) is 0 Å². The van der Waals surface area contributed by atoms with Crippen LogP contribution in [0.25, 0.3) is 0 Å². The van der Waals surface area contributed by atoms with Gasteiger partial charge in [-0.3, -0.25) is 19.2 Å². The minimum Gasteiger partial charge on any atom is -0.423 e. The van der Waals surface area contributed by atoms with Crippen molar-refractivity contribution in [2.24, 2.45) is 0 Å². The molecule has 8 heteroatoms. The van der Waals surface area contributed by atoms with Crippen LogP contribution in [-0.2, 0) is 14.4 Å². The fourth-order valence-corrected chi connectivity index (χ4v) is 1.66. The Balaban J connectivity index is 3.55. The maximum absolute atomic E-state index is 12.1. The summed E-state index contributed by atoms with van der Waals surface area (Å²) < 4.78 is 14.9. The summed E-state index contributed by atoms with van der Waals surface area (Å²) in [6, 6.07) is 2.46. The first-order chi connectivity index (χ1) is 10.6. The lowest BCUT2D eigenvalue weighted by Crippen LogP contribution is -2.22. The SMILES string of the molecule is CC(=O)Oc1cc(C(=O)N(C)C)cc(OC(C)=O)c1OC(C)=O. The molecule has 1 aromatic carbocycles. The third-order valence-corrected chi connectivity index (χ3v) is 2.43. The second-order valence-electron chi connectivity index (χ2n) is 4.78. The minimum absolute atomic E-state index is 0.0957. The van der Waals surface area contributed by atoms with Crippen LogP contribution in [0.3, 0.4) is 0 Å². The first kappa shape index (κ1) is 18.1. The lowest BCUT2D eigenvalue weighted by atomic mass is 10.1. The molecule has 0 aliphatic rings. The molecule has 0 radical (unpaired) electrons. The Hall–Kier alpha value is -2.90. The zero-order chi connectivity index (χ0) is 17.7. The van der Waals surface area contributed by atoms with Crippen molar-refractivity contribution in [3.8, 4) is 17.2 Å². The number of hydrogen-bond acceptors (Lipinski definition) is 7. The van der Waals surface area contributed by atoms with Gasteiger partial charge in [-0.1, -0.05) is 0 Å². The van der Waals surface area contributed by atoms with E-state index in [-0.39, 0.29) is 22.8 Å². The molecular weight excluding hydrogens is 306 g/mol. The summed E-state index contributed by atoms with van der Waals surface area (Å²) in [5.74, 6) is -3.16. The Kier molecular flexibility index (Phi) is 5.83. The number of carbonyl (C=O) groups is 4. The van der Waals surface area contributed by atoms with Gasteiger partial charge in [-0.15, -0.1) is 0 Å². The van der Waals surface area contributed by atoms with Crippen molar-refractivity contribution in [3.05, 3.63) is 17.7 Å². The highest BCUT2D eigenvalue weighted by Gasteiger charge is 2.22. The molecule has 1 amide bonds. The van der Waals surface area contributed by atoms with Crippen LogP contribution in [0.4, 0.5) is 0 Å². The number of rotatable bonds is 4. The summed E-state index contributed by atoms with van der Waals surface area (Å²) in [4.78, 5) is 47.1. The fourth-order valence-electron chi connectivity index (χ4n) is 1.66. The number of carbonyl (C=O) groups excluding carboxylic acids is 4. The molecule has 0 spiro atoms. The third kappa shape index (κ3) is 5.10. The molecule has 1 aromatic rings. The summed E-state index contributed by atoms with van der Waals surface area (Å²) in [6.45, 7) is 3.42. The van der Waals surface area contributed by atoms with Crippen molar-refractivity contribution < 1.29 is 33.4 Å². The Morgan fingerprint density at radius 2 is 1.17 bits per heavy atom. The van der Waals surface area contributed by atoms with E-state index in [4.69, 9.17) is 14.2 Å². The minimum atomic E-state index is -0.710. The molecule has 0 saturated carbocycles. The molecule has 0 atom stereocenters. The third-order valence-electron chi connectivity index (χ3n) is 2.43. The average Bonchev–Trinajstić information content (AvgIpc) is 2.39. The normalized spacial score (nSPS) is 9.78. The second kappa shape index (κ2) is 7.39. The van der Waals surface area contributed by atoms with Crippen LogP contribution < -0.4 is 14.2 Å². The molecule has 0 aliphatic heterocycles. The Morgan fingerprint density at radius 1 is 0.783 bits per heavy atom. The lowest BCUT2D eigenvalue weighted by Gasteiger charge is -2.16. The van der Waals surface area contributed by atoms with E-state index in [1.807, 2.05) is 0 Å². The van der Waals surface area contributed by atoms with Crippen molar-refractivity contribution in [2.45, 2.75) is 20.8 Å². The highest BCUT2D eigenvalue weighted by Crippen LogP contribution is 2.39. The van der Waals surface area contributed by atoms with E-state index in [2.05, 4.69) is 0 Å². The maximum atomic E-state index is 12.1. The van der Waals surface area contributed by atoms with Gasteiger partial charge in [0.2, 0.25) is 5.75 Å². The first-order valence-electron chi connectivity index (χ1n) is 6.56.